The summed E-state index contributed by atoms with van der Waals surface area (Å²) in [6.45, 7) is 6.55. The monoisotopic (exact) mass is 561 g/mol. The standard InChI is InChI=1S/C30H31NO6SSi/c1-39(2,3)37-26-24(31-27(32)21-16-10-11-17-22(21)28(31)33)25-23(35-30(26)38-20-14-8-5-9-15-20)18-34-29(36-25)19-12-6-4-7-13-19/h4-17,23-26,29-30H,18H2,1-3H3/t23-,24+,25-,26+,29-,30-/m1/s1. The van der Waals surface area contributed by atoms with Crippen molar-refractivity contribution in [3.05, 3.63) is 102 Å². The number of imide groups is 1. The molecular weight excluding hydrogens is 530 g/mol. The van der Waals surface area contributed by atoms with Crippen LogP contribution in [-0.2, 0) is 18.6 Å². The molecule has 7 nitrogen and oxygen atoms in total. The third-order valence-electron chi connectivity index (χ3n) is 6.99. The molecule has 202 valence electrons. The number of carbonyl (C=O) groups is 2. The van der Waals surface area contributed by atoms with Gasteiger partial charge in [0.25, 0.3) is 11.8 Å². The minimum absolute atomic E-state index is 0.259. The van der Waals surface area contributed by atoms with Crippen molar-refractivity contribution in [3.63, 3.8) is 0 Å². The maximum atomic E-state index is 13.8. The maximum Gasteiger partial charge on any atom is 0.261 e. The number of hydrogen-bond donors (Lipinski definition) is 0. The minimum atomic E-state index is -2.19. The molecule has 0 saturated carbocycles. The first kappa shape index (κ1) is 26.4. The van der Waals surface area contributed by atoms with E-state index in [1.165, 1.54) is 16.7 Å². The Morgan fingerprint density at radius 1 is 0.821 bits per heavy atom. The summed E-state index contributed by atoms with van der Waals surface area (Å²) in [6, 6.07) is 25.9. The van der Waals surface area contributed by atoms with E-state index in [0.29, 0.717) is 11.1 Å². The number of fused-ring (bicyclic) bond motifs is 2. The lowest BCUT2D eigenvalue weighted by Crippen LogP contribution is -2.68. The van der Waals surface area contributed by atoms with E-state index >= 15 is 0 Å². The van der Waals surface area contributed by atoms with Crippen LogP contribution in [0.4, 0.5) is 0 Å². The summed E-state index contributed by atoms with van der Waals surface area (Å²) in [5.41, 5.74) is 1.17. The number of hydrogen-bond acceptors (Lipinski definition) is 7. The van der Waals surface area contributed by atoms with Crippen molar-refractivity contribution in [2.24, 2.45) is 0 Å². The summed E-state index contributed by atoms with van der Waals surface area (Å²) in [6.07, 6.45) is -2.40. The van der Waals surface area contributed by atoms with Crippen LogP contribution in [-0.4, -0.2) is 61.4 Å². The van der Waals surface area contributed by atoms with Gasteiger partial charge in [0.2, 0.25) is 0 Å². The molecule has 0 unspecified atom stereocenters. The fourth-order valence-electron chi connectivity index (χ4n) is 5.38. The predicted octanol–water partition coefficient (Wildman–Crippen LogP) is 5.50. The predicted molar refractivity (Wildman–Crippen MR) is 150 cm³/mol. The smallest absolute Gasteiger partial charge is 0.261 e. The van der Waals surface area contributed by atoms with Gasteiger partial charge in [-0.2, -0.15) is 0 Å². The zero-order valence-electron chi connectivity index (χ0n) is 22.1. The summed E-state index contributed by atoms with van der Waals surface area (Å²) < 4.78 is 26.1. The summed E-state index contributed by atoms with van der Waals surface area (Å²) in [7, 11) is -2.19. The Hall–Kier alpha value is -2.79. The van der Waals surface area contributed by atoms with Gasteiger partial charge in [-0.05, 0) is 43.9 Å². The lowest BCUT2D eigenvalue weighted by molar-refractivity contribution is -0.303. The number of nitrogens with zero attached hydrogens (tertiary/aromatic N) is 1. The highest BCUT2D eigenvalue weighted by molar-refractivity contribution is 7.99. The largest absolute Gasteiger partial charge is 0.409 e. The molecular formula is C30H31NO6SSi. The second-order valence-electron chi connectivity index (χ2n) is 10.9. The Bertz CT molecular complexity index is 1320. The van der Waals surface area contributed by atoms with Crippen molar-refractivity contribution in [2.45, 2.75) is 60.6 Å². The fraction of sp³-hybridized carbons (Fsp3) is 0.333. The van der Waals surface area contributed by atoms with Gasteiger partial charge in [-0.25, -0.2) is 0 Å². The first-order chi connectivity index (χ1) is 18.8. The second-order valence-corrected chi connectivity index (χ2v) is 16.5. The van der Waals surface area contributed by atoms with Gasteiger partial charge in [0.15, 0.2) is 14.6 Å². The van der Waals surface area contributed by atoms with Crippen LogP contribution in [0.15, 0.2) is 89.8 Å². The van der Waals surface area contributed by atoms with E-state index < -0.39 is 44.4 Å². The molecule has 39 heavy (non-hydrogen) atoms. The molecule has 0 aliphatic carbocycles. The average Bonchev–Trinajstić information content (AvgIpc) is 3.19. The Kier molecular flexibility index (Phi) is 7.21. The Morgan fingerprint density at radius 3 is 2.03 bits per heavy atom. The fourth-order valence-corrected chi connectivity index (χ4v) is 7.69. The minimum Gasteiger partial charge on any atom is -0.409 e. The number of benzene rings is 3. The van der Waals surface area contributed by atoms with Crippen molar-refractivity contribution in [3.8, 4) is 0 Å². The zero-order chi connectivity index (χ0) is 27.1. The Labute approximate surface area is 233 Å². The van der Waals surface area contributed by atoms with E-state index in [0.717, 1.165) is 10.5 Å². The highest BCUT2D eigenvalue weighted by atomic mass is 32.2. The number of ether oxygens (including phenoxy) is 3. The van der Waals surface area contributed by atoms with Crippen molar-refractivity contribution >= 4 is 31.9 Å². The third kappa shape index (κ3) is 5.22. The van der Waals surface area contributed by atoms with Crippen LogP contribution in [0.1, 0.15) is 32.6 Å². The summed E-state index contributed by atoms with van der Waals surface area (Å²) in [5.74, 6) is -0.666. The van der Waals surface area contributed by atoms with Crippen molar-refractivity contribution in [2.75, 3.05) is 6.61 Å². The van der Waals surface area contributed by atoms with Gasteiger partial charge < -0.3 is 18.6 Å². The van der Waals surface area contributed by atoms with Crippen LogP contribution in [0.2, 0.25) is 19.6 Å². The lowest BCUT2D eigenvalue weighted by atomic mass is 9.94. The molecule has 6 atom stereocenters. The quantitative estimate of drug-likeness (QED) is 0.291. The molecule has 0 aromatic heterocycles. The van der Waals surface area contributed by atoms with Gasteiger partial charge in [-0.3, -0.25) is 14.5 Å². The van der Waals surface area contributed by atoms with Crippen LogP contribution >= 0.6 is 11.8 Å². The molecule has 3 aromatic rings. The first-order valence-electron chi connectivity index (χ1n) is 13.1. The van der Waals surface area contributed by atoms with Crippen LogP contribution in [0, 0.1) is 0 Å². The van der Waals surface area contributed by atoms with E-state index in [4.69, 9.17) is 18.6 Å². The van der Waals surface area contributed by atoms with Gasteiger partial charge >= 0.3 is 0 Å². The molecule has 2 fully saturated rings. The highest BCUT2D eigenvalue weighted by Crippen LogP contribution is 2.44. The van der Waals surface area contributed by atoms with Gasteiger partial charge in [-0.15, -0.1) is 0 Å². The third-order valence-corrected chi connectivity index (χ3v) is 9.13. The summed E-state index contributed by atoms with van der Waals surface area (Å²) in [5, 5.41) is 0. The molecule has 0 spiro atoms. The Morgan fingerprint density at radius 2 is 1.41 bits per heavy atom. The first-order valence-corrected chi connectivity index (χ1v) is 17.4. The van der Waals surface area contributed by atoms with Crippen LogP contribution in [0.5, 0.6) is 0 Å². The SMILES string of the molecule is C[Si](C)(C)O[C@H]1[C@@H](N2C(=O)c3ccccc3C2=O)[C@@H]2O[C@H](c3ccccc3)OC[C@H]2O[C@@H]1Sc1ccccc1. The summed E-state index contributed by atoms with van der Waals surface area (Å²) >= 11 is 1.53. The highest BCUT2D eigenvalue weighted by Gasteiger charge is 2.57. The molecule has 6 rings (SSSR count). The zero-order valence-corrected chi connectivity index (χ0v) is 23.9. The average molecular weight is 562 g/mol. The molecule has 9 heteroatoms. The van der Waals surface area contributed by atoms with Crippen molar-refractivity contribution in [1.82, 2.24) is 4.90 Å². The van der Waals surface area contributed by atoms with E-state index in [-0.39, 0.29) is 18.4 Å². The van der Waals surface area contributed by atoms with E-state index in [2.05, 4.69) is 19.6 Å². The van der Waals surface area contributed by atoms with Crippen molar-refractivity contribution < 1.29 is 28.2 Å². The van der Waals surface area contributed by atoms with Crippen LogP contribution in [0.25, 0.3) is 0 Å². The number of carbonyl (C=O) groups excluding carboxylic acids is 2. The molecule has 0 N–H and O–H groups in total. The maximum absolute atomic E-state index is 13.8. The second kappa shape index (κ2) is 10.6. The van der Waals surface area contributed by atoms with E-state index in [9.17, 15) is 9.59 Å². The molecule has 3 heterocycles. The number of thioether (sulfide) groups is 1. The number of rotatable bonds is 6. The summed E-state index contributed by atoms with van der Waals surface area (Å²) in [4.78, 5) is 30.0. The number of amides is 2. The molecule has 2 saturated heterocycles. The molecule has 3 aliphatic heterocycles. The van der Waals surface area contributed by atoms with Crippen LogP contribution in [0.3, 0.4) is 0 Å². The molecule has 0 bridgehead atoms. The Balaban J connectivity index is 1.43. The van der Waals surface area contributed by atoms with Gasteiger partial charge in [0.05, 0.1) is 23.8 Å². The molecule has 0 radical (unpaired) electrons. The van der Waals surface area contributed by atoms with Gasteiger partial charge in [0.1, 0.15) is 23.7 Å². The molecule has 3 aliphatic rings. The lowest BCUT2D eigenvalue weighted by Gasteiger charge is -2.52. The molecule has 2 amide bonds. The normalized spacial score (nSPS) is 28.7. The topological polar surface area (TPSA) is 74.3 Å². The van der Waals surface area contributed by atoms with Gasteiger partial charge in [-0.1, -0.05) is 72.4 Å². The van der Waals surface area contributed by atoms with Crippen LogP contribution < -0.4 is 0 Å². The van der Waals surface area contributed by atoms with E-state index in [1.807, 2.05) is 60.7 Å². The van der Waals surface area contributed by atoms with E-state index in [1.54, 1.807) is 24.3 Å². The molecule has 3 aromatic carbocycles. The van der Waals surface area contributed by atoms with Crippen molar-refractivity contribution in [1.29, 1.82) is 0 Å². The van der Waals surface area contributed by atoms with Gasteiger partial charge in [0, 0.05) is 10.5 Å².